The Morgan fingerprint density at radius 2 is 1.77 bits per heavy atom. The number of carboxylic acids is 2. The van der Waals surface area contributed by atoms with Crippen molar-refractivity contribution in [1.82, 2.24) is 4.98 Å². The zero-order valence-electron chi connectivity index (χ0n) is 16.8. The fourth-order valence-corrected chi connectivity index (χ4v) is 2.19. The molecule has 2 aromatic rings. The van der Waals surface area contributed by atoms with E-state index in [1.807, 2.05) is 30.5 Å². The molecule has 0 aliphatic rings. The van der Waals surface area contributed by atoms with Gasteiger partial charge in [-0.05, 0) is 43.5 Å². The predicted octanol–water partition coefficient (Wildman–Crippen LogP) is 2.18. The minimum atomic E-state index is -1.50. The number of hydrogen-bond acceptors (Lipinski definition) is 8. The monoisotopic (exact) mass is 439 g/mol. The molecule has 12 heteroatoms. The Hall–Kier alpha value is -3.93. The Kier molecular flexibility index (Phi) is 13.9. The van der Waals surface area contributed by atoms with Gasteiger partial charge in [0, 0.05) is 42.6 Å². The lowest BCUT2D eigenvalue weighted by Crippen LogP contribution is -2.02. The van der Waals surface area contributed by atoms with Crippen LogP contribution in [0.5, 0.6) is 5.75 Å². The number of carbonyl (C=O) groups is 2. The summed E-state index contributed by atoms with van der Waals surface area (Å²) in [6.07, 6.45) is 5.88. The van der Waals surface area contributed by atoms with Crippen LogP contribution in [0.4, 0.5) is 5.69 Å². The van der Waals surface area contributed by atoms with Gasteiger partial charge >= 0.3 is 11.9 Å². The first-order chi connectivity index (χ1) is 14.7. The van der Waals surface area contributed by atoms with E-state index in [0.717, 1.165) is 48.1 Å². The van der Waals surface area contributed by atoms with E-state index >= 15 is 0 Å². The Bertz CT molecular complexity index is 852. The molecule has 0 amide bonds. The Morgan fingerprint density at radius 1 is 1.16 bits per heavy atom. The van der Waals surface area contributed by atoms with E-state index in [1.165, 1.54) is 0 Å². The molecule has 0 aliphatic heterocycles. The summed E-state index contributed by atoms with van der Waals surface area (Å²) in [5, 5.41) is 42.5. The molecule has 0 spiro atoms. The van der Waals surface area contributed by atoms with Crippen molar-refractivity contribution in [2.45, 2.75) is 19.3 Å². The number of nitrogens with one attached hydrogen (secondary N) is 1. The Balaban J connectivity index is 0.000000625. The maximum Gasteiger partial charge on any atom is 0.328 e. The summed E-state index contributed by atoms with van der Waals surface area (Å²) in [7, 11) is 1.67. The summed E-state index contributed by atoms with van der Waals surface area (Å²) in [6, 6.07) is 7.86. The van der Waals surface area contributed by atoms with Crippen LogP contribution in [0.25, 0.3) is 10.9 Å². The van der Waals surface area contributed by atoms with Crippen LogP contribution in [-0.4, -0.2) is 62.8 Å². The molecule has 0 fully saturated rings. The minimum absolute atomic E-state index is 0.273. The van der Waals surface area contributed by atoms with Crippen molar-refractivity contribution in [3.05, 3.63) is 52.7 Å². The van der Waals surface area contributed by atoms with Crippen molar-refractivity contribution in [2.75, 3.05) is 25.6 Å². The standard InChI is InChI=1S/C15H20N2O2.C4H4O4.HNO3/c1-19-12-5-6-14-13(11-12)15(7-9-17-14)16-8-3-2-4-10-18;5-3(6)1-2-4(7)8;2-1(3)4/h5-7,9,11,18H,2-4,8,10H2,1H3,(H,16,17);1-2H,(H,5,6)(H,7,8);(H,2,3,4). The minimum Gasteiger partial charge on any atom is -0.497 e. The quantitative estimate of drug-likeness (QED) is 0.166. The van der Waals surface area contributed by atoms with E-state index in [4.69, 9.17) is 35.4 Å². The molecule has 0 saturated carbocycles. The number of benzene rings is 1. The normalized spacial score (nSPS) is 9.74. The lowest BCUT2D eigenvalue weighted by molar-refractivity contribution is -0.742. The third kappa shape index (κ3) is 13.8. The average molecular weight is 439 g/mol. The topological polar surface area (TPSA) is 192 Å². The van der Waals surface area contributed by atoms with Gasteiger partial charge in [-0.1, -0.05) is 0 Å². The molecule has 1 aromatic carbocycles. The van der Waals surface area contributed by atoms with E-state index in [1.54, 1.807) is 7.11 Å². The maximum absolute atomic E-state index is 9.55. The van der Waals surface area contributed by atoms with Gasteiger partial charge in [0.25, 0.3) is 5.09 Å². The molecule has 0 atom stereocenters. The summed E-state index contributed by atoms with van der Waals surface area (Å²) in [5.74, 6) is -1.68. The van der Waals surface area contributed by atoms with Crippen LogP contribution >= 0.6 is 0 Å². The number of ether oxygens (including phenoxy) is 1. The van der Waals surface area contributed by atoms with Crippen LogP contribution in [0.15, 0.2) is 42.6 Å². The lowest BCUT2D eigenvalue weighted by atomic mass is 10.1. The number of carboxylic acid groups (broad SMARTS) is 2. The number of pyridine rings is 1. The van der Waals surface area contributed by atoms with Crippen molar-refractivity contribution in [3.63, 3.8) is 0 Å². The molecule has 0 saturated heterocycles. The lowest BCUT2D eigenvalue weighted by Gasteiger charge is -2.10. The van der Waals surface area contributed by atoms with Crippen molar-refractivity contribution in [3.8, 4) is 5.75 Å². The maximum atomic E-state index is 9.55. The molecule has 31 heavy (non-hydrogen) atoms. The number of aromatic nitrogens is 1. The highest BCUT2D eigenvalue weighted by molar-refractivity contribution is 5.92. The zero-order valence-corrected chi connectivity index (χ0v) is 16.8. The number of rotatable bonds is 9. The van der Waals surface area contributed by atoms with Gasteiger partial charge in [0.2, 0.25) is 0 Å². The second kappa shape index (κ2) is 15.9. The van der Waals surface area contributed by atoms with Crippen LogP contribution in [0, 0.1) is 10.1 Å². The van der Waals surface area contributed by atoms with Crippen LogP contribution in [0.3, 0.4) is 0 Å². The summed E-state index contributed by atoms with van der Waals surface area (Å²) in [4.78, 5) is 31.8. The molecule has 2 rings (SSSR count). The summed E-state index contributed by atoms with van der Waals surface area (Å²) >= 11 is 0. The Morgan fingerprint density at radius 3 is 2.29 bits per heavy atom. The van der Waals surface area contributed by atoms with Crippen molar-refractivity contribution in [1.29, 1.82) is 0 Å². The van der Waals surface area contributed by atoms with Crippen LogP contribution in [-0.2, 0) is 9.59 Å². The number of fused-ring (bicyclic) bond motifs is 1. The number of aliphatic hydroxyl groups excluding tert-OH is 1. The molecule has 170 valence electrons. The molecule has 0 aliphatic carbocycles. The van der Waals surface area contributed by atoms with E-state index in [9.17, 15) is 9.59 Å². The molecular weight excluding hydrogens is 414 g/mol. The SMILES string of the molecule is COc1ccc2nccc(NCCCCCO)c2c1.O=C(O)C=CC(=O)O.O=[N+]([O-])O. The highest BCUT2D eigenvalue weighted by atomic mass is 16.9. The smallest absolute Gasteiger partial charge is 0.328 e. The molecule has 0 unspecified atom stereocenters. The average Bonchev–Trinajstić information content (AvgIpc) is 2.72. The molecule has 0 bridgehead atoms. The molecule has 12 nitrogen and oxygen atoms in total. The fraction of sp³-hybridized carbons (Fsp3) is 0.316. The third-order valence-electron chi connectivity index (χ3n) is 3.47. The largest absolute Gasteiger partial charge is 0.497 e. The van der Waals surface area contributed by atoms with Gasteiger partial charge in [0.1, 0.15) is 5.75 Å². The van der Waals surface area contributed by atoms with Crippen molar-refractivity contribution >= 4 is 28.5 Å². The molecule has 1 aromatic heterocycles. The Labute approximate surface area is 177 Å². The van der Waals surface area contributed by atoms with Gasteiger partial charge in [-0.2, -0.15) is 0 Å². The second-order valence-corrected chi connectivity index (χ2v) is 5.70. The van der Waals surface area contributed by atoms with Gasteiger partial charge in [0.15, 0.2) is 0 Å². The highest BCUT2D eigenvalue weighted by Gasteiger charge is 2.03. The van der Waals surface area contributed by atoms with Crippen molar-refractivity contribution < 1.29 is 39.9 Å². The molecule has 1 heterocycles. The van der Waals surface area contributed by atoms with Crippen molar-refractivity contribution in [2.24, 2.45) is 0 Å². The van der Waals surface area contributed by atoms with Gasteiger partial charge < -0.3 is 30.6 Å². The number of methoxy groups -OCH3 is 1. The first-order valence-electron chi connectivity index (χ1n) is 8.96. The molecule has 0 radical (unpaired) electrons. The van der Waals surface area contributed by atoms with Gasteiger partial charge in [0.05, 0.1) is 12.6 Å². The van der Waals surface area contributed by atoms with Crippen LogP contribution in [0.1, 0.15) is 19.3 Å². The van der Waals surface area contributed by atoms with Gasteiger partial charge in [-0.25, -0.2) is 9.59 Å². The molecule has 5 N–H and O–H groups in total. The summed E-state index contributed by atoms with van der Waals surface area (Å²) in [6.45, 7) is 1.17. The number of aliphatic carboxylic acids is 2. The third-order valence-corrected chi connectivity index (χ3v) is 3.47. The highest BCUT2D eigenvalue weighted by Crippen LogP contribution is 2.25. The van der Waals surface area contributed by atoms with Gasteiger partial charge in [-0.3, -0.25) is 4.98 Å². The first-order valence-corrected chi connectivity index (χ1v) is 8.96. The summed E-state index contributed by atoms with van der Waals surface area (Å²) in [5.41, 5.74) is 2.04. The number of unbranched alkanes of at least 4 members (excludes halogenated alkanes) is 2. The van der Waals surface area contributed by atoms with E-state index < -0.39 is 17.0 Å². The van der Waals surface area contributed by atoms with E-state index in [2.05, 4.69) is 10.3 Å². The van der Waals surface area contributed by atoms with Crippen LogP contribution in [0.2, 0.25) is 0 Å². The van der Waals surface area contributed by atoms with Gasteiger partial charge in [-0.15, -0.1) is 10.1 Å². The van der Waals surface area contributed by atoms with Crippen LogP contribution < -0.4 is 10.1 Å². The summed E-state index contributed by atoms with van der Waals surface area (Å²) < 4.78 is 5.25. The zero-order chi connectivity index (χ0) is 23.6. The number of nitrogens with zero attached hydrogens (tertiary/aromatic N) is 2. The number of hydrogen-bond donors (Lipinski definition) is 5. The molecular formula is C19H25N3O9. The predicted molar refractivity (Wildman–Crippen MR) is 111 cm³/mol. The number of anilines is 1. The number of aliphatic hydroxyl groups is 1. The fourth-order valence-electron chi connectivity index (χ4n) is 2.19. The first kappa shape index (κ1) is 27.1. The van der Waals surface area contributed by atoms with E-state index in [-0.39, 0.29) is 6.61 Å². The second-order valence-electron chi connectivity index (χ2n) is 5.70. The van der Waals surface area contributed by atoms with E-state index in [0.29, 0.717) is 12.2 Å².